The van der Waals surface area contributed by atoms with Crippen LogP contribution < -0.4 is 5.32 Å². The number of fused-ring (bicyclic) bond motifs is 2. The minimum absolute atomic E-state index is 0.742. The van der Waals surface area contributed by atoms with Crippen LogP contribution in [0.2, 0.25) is 0 Å². The molecule has 4 heteroatoms. The van der Waals surface area contributed by atoms with Crippen LogP contribution in [-0.2, 0) is 6.54 Å². The second kappa shape index (κ2) is 5.02. The zero-order valence-electron chi connectivity index (χ0n) is 10.5. The van der Waals surface area contributed by atoms with Crippen molar-refractivity contribution in [2.75, 3.05) is 6.54 Å². The van der Waals surface area contributed by atoms with E-state index in [2.05, 4.69) is 22.4 Å². The lowest BCUT2D eigenvalue weighted by atomic mass is 9.89. The maximum absolute atomic E-state index is 4.42. The van der Waals surface area contributed by atoms with Gasteiger partial charge in [0.15, 0.2) is 0 Å². The van der Waals surface area contributed by atoms with Gasteiger partial charge in [-0.25, -0.2) is 0 Å². The van der Waals surface area contributed by atoms with Crippen molar-refractivity contribution in [3.8, 4) is 0 Å². The summed E-state index contributed by atoms with van der Waals surface area (Å²) in [6, 6.07) is 0. The van der Waals surface area contributed by atoms with Gasteiger partial charge in [0, 0.05) is 12.5 Å². The summed E-state index contributed by atoms with van der Waals surface area (Å²) < 4.78 is 0. The van der Waals surface area contributed by atoms with E-state index in [9.17, 15) is 0 Å². The number of rotatable bonds is 5. The van der Waals surface area contributed by atoms with Crippen molar-refractivity contribution in [3.05, 3.63) is 10.0 Å². The van der Waals surface area contributed by atoms with Gasteiger partial charge in [-0.3, -0.25) is 0 Å². The Morgan fingerprint density at radius 3 is 2.94 bits per heavy atom. The van der Waals surface area contributed by atoms with Crippen LogP contribution in [0.5, 0.6) is 0 Å². The first-order valence-corrected chi connectivity index (χ1v) is 7.71. The summed E-state index contributed by atoms with van der Waals surface area (Å²) in [4.78, 5) is 0. The Kier molecular flexibility index (Phi) is 3.43. The van der Waals surface area contributed by atoms with Crippen LogP contribution in [0.4, 0.5) is 0 Å². The topological polar surface area (TPSA) is 37.8 Å². The van der Waals surface area contributed by atoms with Gasteiger partial charge in [-0.1, -0.05) is 24.7 Å². The van der Waals surface area contributed by atoms with Crippen molar-refractivity contribution < 1.29 is 0 Å². The number of hydrogen-bond donors (Lipinski definition) is 1. The van der Waals surface area contributed by atoms with Crippen molar-refractivity contribution in [2.24, 2.45) is 11.8 Å². The van der Waals surface area contributed by atoms with Crippen molar-refractivity contribution in [2.45, 2.75) is 51.5 Å². The van der Waals surface area contributed by atoms with Gasteiger partial charge >= 0.3 is 0 Å². The van der Waals surface area contributed by atoms with E-state index in [1.54, 1.807) is 0 Å². The summed E-state index contributed by atoms with van der Waals surface area (Å²) >= 11 is 1.84. The maximum atomic E-state index is 4.42. The fourth-order valence-corrected chi connectivity index (χ4v) is 4.43. The fraction of sp³-hybridized carbons (Fsp3) is 0.846. The van der Waals surface area contributed by atoms with E-state index >= 15 is 0 Å². The van der Waals surface area contributed by atoms with E-state index in [1.165, 1.54) is 37.1 Å². The molecule has 0 saturated heterocycles. The number of nitrogens with one attached hydrogen (secondary N) is 1. The molecule has 1 aromatic rings. The molecule has 0 radical (unpaired) electrons. The minimum Gasteiger partial charge on any atom is -0.310 e. The molecule has 1 heterocycles. The molecule has 3 rings (SSSR count). The normalized spacial score (nSPS) is 31.2. The molecule has 2 saturated carbocycles. The van der Waals surface area contributed by atoms with Crippen molar-refractivity contribution in [3.63, 3.8) is 0 Å². The summed E-state index contributed by atoms with van der Waals surface area (Å²) in [6.45, 7) is 4.16. The van der Waals surface area contributed by atoms with Crippen LogP contribution in [0.3, 0.4) is 0 Å². The quantitative estimate of drug-likeness (QED) is 0.818. The first-order chi connectivity index (χ1) is 8.36. The molecule has 3 nitrogen and oxygen atoms in total. The lowest BCUT2D eigenvalue weighted by Gasteiger charge is -2.18. The number of hydrogen-bond acceptors (Lipinski definition) is 4. The van der Waals surface area contributed by atoms with Crippen LogP contribution in [0.1, 0.15) is 55.0 Å². The fourth-order valence-electron chi connectivity index (χ4n) is 3.41. The predicted octanol–water partition coefficient (Wildman–Crippen LogP) is 2.94. The number of aromatic nitrogens is 2. The third kappa shape index (κ3) is 2.38. The molecule has 17 heavy (non-hydrogen) atoms. The molecule has 3 atom stereocenters. The molecule has 94 valence electrons. The Labute approximate surface area is 107 Å². The molecule has 0 amide bonds. The Balaban J connectivity index is 1.60. The largest absolute Gasteiger partial charge is 0.310 e. The van der Waals surface area contributed by atoms with Gasteiger partial charge in [0.05, 0.1) is 0 Å². The summed E-state index contributed by atoms with van der Waals surface area (Å²) in [5.41, 5.74) is 0. The Hall–Kier alpha value is -0.480. The van der Waals surface area contributed by atoms with Gasteiger partial charge in [-0.2, -0.15) is 0 Å². The van der Waals surface area contributed by atoms with E-state index in [0.717, 1.165) is 35.9 Å². The second-order valence-electron chi connectivity index (χ2n) is 5.49. The summed E-state index contributed by atoms with van der Waals surface area (Å²) in [5.74, 6) is 2.66. The molecule has 2 fully saturated rings. The third-order valence-electron chi connectivity index (χ3n) is 4.24. The van der Waals surface area contributed by atoms with Gasteiger partial charge in [0.2, 0.25) is 0 Å². The predicted molar refractivity (Wildman–Crippen MR) is 70.1 cm³/mol. The van der Waals surface area contributed by atoms with Crippen molar-refractivity contribution in [1.82, 2.24) is 15.5 Å². The van der Waals surface area contributed by atoms with E-state index in [-0.39, 0.29) is 0 Å². The maximum Gasteiger partial charge on any atom is 0.131 e. The van der Waals surface area contributed by atoms with Crippen LogP contribution in [0.15, 0.2) is 0 Å². The van der Waals surface area contributed by atoms with Gasteiger partial charge in [0.1, 0.15) is 10.0 Å². The van der Waals surface area contributed by atoms with E-state index in [1.807, 2.05) is 11.3 Å². The minimum atomic E-state index is 0.742. The Morgan fingerprint density at radius 2 is 2.24 bits per heavy atom. The van der Waals surface area contributed by atoms with Crippen molar-refractivity contribution in [1.29, 1.82) is 0 Å². The highest BCUT2D eigenvalue weighted by Gasteiger charge is 2.41. The zero-order chi connectivity index (χ0) is 11.7. The molecule has 0 aliphatic heterocycles. The summed E-state index contributed by atoms with van der Waals surface area (Å²) in [5, 5.41) is 14.6. The molecule has 0 aromatic carbocycles. The number of nitrogens with zero attached hydrogens (tertiary/aromatic N) is 2. The third-order valence-corrected chi connectivity index (χ3v) is 5.30. The Bertz CT molecular complexity index is 376. The average Bonchev–Trinajstić information content (AvgIpc) is 3.04. The van der Waals surface area contributed by atoms with E-state index in [0.29, 0.717) is 0 Å². The smallest absolute Gasteiger partial charge is 0.131 e. The molecule has 0 spiro atoms. The molecular weight excluding hydrogens is 230 g/mol. The van der Waals surface area contributed by atoms with Gasteiger partial charge < -0.3 is 5.32 Å². The highest BCUT2D eigenvalue weighted by atomic mass is 32.1. The highest BCUT2D eigenvalue weighted by molar-refractivity contribution is 7.11. The standard InChI is InChI=1S/C13H21N3S/c1-2-5-14-8-12-15-16-13(17-12)11-7-9-3-4-10(11)6-9/h9-11,14H,2-8H2,1H3. The molecule has 2 aliphatic rings. The lowest BCUT2D eigenvalue weighted by Crippen LogP contribution is -2.13. The molecular formula is C13H21N3S. The zero-order valence-corrected chi connectivity index (χ0v) is 11.3. The molecule has 2 bridgehead atoms. The first kappa shape index (κ1) is 11.6. The Morgan fingerprint density at radius 1 is 1.29 bits per heavy atom. The average molecular weight is 251 g/mol. The monoisotopic (exact) mass is 251 g/mol. The summed E-state index contributed by atoms with van der Waals surface area (Å²) in [7, 11) is 0. The van der Waals surface area contributed by atoms with Crippen LogP contribution in [0.25, 0.3) is 0 Å². The molecule has 1 aromatic heterocycles. The van der Waals surface area contributed by atoms with Crippen LogP contribution in [-0.4, -0.2) is 16.7 Å². The van der Waals surface area contributed by atoms with Crippen LogP contribution >= 0.6 is 11.3 Å². The first-order valence-electron chi connectivity index (χ1n) is 6.89. The SMILES string of the molecule is CCCNCc1nnc(C2CC3CCC2C3)s1. The van der Waals surface area contributed by atoms with Gasteiger partial charge in [-0.15, -0.1) is 10.2 Å². The summed E-state index contributed by atoms with van der Waals surface area (Å²) in [6.07, 6.45) is 6.90. The molecule has 2 aliphatic carbocycles. The van der Waals surface area contributed by atoms with Gasteiger partial charge in [-0.05, 0) is 44.1 Å². The van der Waals surface area contributed by atoms with Gasteiger partial charge in [0.25, 0.3) is 0 Å². The molecule has 3 unspecified atom stereocenters. The van der Waals surface area contributed by atoms with Crippen molar-refractivity contribution >= 4 is 11.3 Å². The molecule has 1 N–H and O–H groups in total. The van der Waals surface area contributed by atoms with Crippen LogP contribution in [0, 0.1) is 11.8 Å². The van der Waals surface area contributed by atoms with E-state index < -0.39 is 0 Å². The highest BCUT2D eigenvalue weighted by Crippen LogP contribution is 2.53. The second-order valence-corrected chi connectivity index (χ2v) is 6.59. The van der Waals surface area contributed by atoms with E-state index in [4.69, 9.17) is 0 Å². The lowest BCUT2D eigenvalue weighted by molar-refractivity contribution is 0.417.